The number of hydrogen-bond donors (Lipinski definition) is 0. The first-order valence-electron chi connectivity index (χ1n) is 6.49. The van der Waals surface area contributed by atoms with Crippen molar-refractivity contribution in [1.29, 1.82) is 0 Å². The van der Waals surface area contributed by atoms with Crippen LogP contribution >= 0.6 is 11.6 Å². The van der Waals surface area contributed by atoms with Gasteiger partial charge in [0.05, 0.1) is 23.3 Å². The summed E-state index contributed by atoms with van der Waals surface area (Å²) in [5.41, 5.74) is 1.61. The maximum Gasteiger partial charge on any atom is 0.337 e. The molecule has 0 spiro atoms. The van der Waals surface area contributed by atoms with Crippen LogP contribution in [-0.4, -0.2) is 21.5 Å². The molecule has 4 nitrogen and oxygen atoms in total. The monoisotopic (exact) mass is 338 g/mol. The second-order valence-corrected chi connectivity index (χ2v) is 7.27. The van der Waals surface area contributed by atoms with E-state index in [4.69, 9.17) is 11.6 Å². The fraction of sp³-hybridized carbons (Fsp3) is 0.188. The van der Waals surface area contributed by atoms with Gasteiger partial charge in [0.15, 0.2) is 9.84 Å². The fourth-order valence-electron chi connectivity index (χ4n) is 1.96. The zero-order chi connectivity index (χ0) is 16.3. The van der Waals surface area contributed by atoms with Crippen LogP contribution in [0.4, 0.5) is 0 Å². The molecular formula is C16H15ClO4S. The van der Waals surface area contributed by atoms with Gasteiger partial charge in [-0.2, -0.15) is 0 Å². The number of carbonyl (C=O) groups is 1. The Hall–Kier alpha value is -1.85. The molecule has 0 saturated heterocycles. The van der Waals surface area contributed by atoms with E-state index >= 15 is 0 Å². The van der Waals surface area contributed by atoms with E-state index < -0.39 is 15.8 Å². The van der Waals surface area contributed by atoms with Gasteiger partial charge in [0.1, 0.15) is 0 Å². The third-order valence-corrected chi connectivity index (χ3v) is 5.24. The van der Waals surface area contributed by atoms with Crippen molar-refractivity contribution in [2.45, 2.75) is 17.6 Å². The molecule has 0 bridgehead atoms. The number of halogens is 1. The summed E-state index contributed by atoms with van der Waals surface area (Å²) in [6, 6.07) is 11.0. The Morgan fingerprint density at radius 1 is 1.14 bits per heavy atom. The van der Waals surface area contributed by atoms with Gasteiger partial charge in [0.25, 0.3) is 0 Å². The predicted octanol–water partition coefficient (Wildman–Crippen LogP) is 3.41. The Morgan fingerprint density at radius 2 is 1.77 bits per heavy atom. The molecule has 0 aliphatic carbocycles. The first-order valence-corrected chi connectivity index (χ1v) is 8.52. The summed E-state index contributed by atoms with van der Waals surface area (Å²) in [5, 5.41) is 0.295. The number of methoxy groups -OCH3 is 1. The lowest BCUT2D eigenvalue weighted by Crippen LogP contribution is -2.07. The van der Waals surface area contributed by atoms with E-state index in [2.05, 4.69) is 4.74 Å². The highest BCUT2D eigenvalue weighted by Crippen LogP contribution is 2.24. The van der Waals surface area contributed by atoms with Crippen LogP contribution in [-0.2, 0) is 20.3 Å². The lowest BCUT2D eigenvalue weighted by Gasteiger charge is -2.08. The largest absolute Gasteiger partial charge is 0.465 e. The van der Waals surface area contributed by atoms with Crippen LogP contribution in [0, 0.1) is 6.92 Å². The van der Waals surface area contributed by atoms with Gasteiger partial charge >= 0.3 is 5.97 Å². The topological polar surface area (TPSA) is 60.4 Å². The zero-order valence-corrected chi connectivity index (χ0v) is 13.7. The standard InChI is InChI=1S/C16H15ClO4S/c1-11-3-6-14(7-4-11)22(19,20)10-13-9-12(16(18)21-2)5-8-15(13)17/h3-9H,10H2,1-2H3. The summed E-state index contributed by atoms with van der Waals surface area (Å²) in [6.45, 7) is 1.88. The van der Waals surface area contributed by atoms with Crippen molar-refractivity contribution in [1.82, 2.24) is 0 Å². The summed E-state index contributed by atoms with van der Waals surface area (Å²) in [5.74, 6) is -0.814. The lowest BCUT2D eigenvalue weighted by molar-refractivity contribution is 0.0600. The van der Waals surface area contributed by atoms with Gasteiger partial charge < -0.3 is 4.74 Å². The van der Waals surface area contributed by atoms with E-state index in [1.54, 1.807) is 24.3 Å². The van der Waals surface area contributed by atoms with Crippen molar-refractivity contribution in [3.63, 3.8) is 0 Å². The molecule has 116 valence electrons. The van der Waals surface area contributed by atoms with Gasteiger partial charge in [0, 0.05) is 5.02 Å². The van der Waals surface area contributed by atoms with Gasteiger partial charge in [-0.25, -0.2) is 13.2 Å². The average molecular weight is 339 g/mol. The van der Waals surface area contributed by atoms with E-state index in [1.165, 1.54) is 25.3 Å². The van der Waals surface area contributed by atoms with Gasteiger partial charge in [0.2, 0.25) is 0 Å². The molecular weight excluding hydrogens is 324 g/mol. The maximum atomic E-state index is 12.4. The number of carbonyl (C=O) groups excluding carboxylic acids is 1. The van der Waals surface area contributed by atoms with Crippen LogP contribution in [0.25, 0.3) is 0 Å². The van der Waals surface area contributed by atoms with Crippen molar-refractivity contribution in [3.05, 3.63) is 64.2 Å². The quantitative estimate of drug-likeness (QED) is 0.801. The molecule has 0 radical (unpaired) electrons. The highest BCUT2D eigenvalue weighted by Gasteiger charge is 2.18. The Kier molecular flexibility index (Phi) is 4.88. The number of esters is 1. The highest BCUT2D eigenvalue weighted by molar-refractivity contribution is 7.90. The second kappa shape index (κ2) is 6.50. The van der Waals surface area contributed by atoms with E-state index in [9.17, 15) is 13.2 Å². The minimum Gasteiger partial charge on any atom is -0.465 e. The molecule has 0 saturated carbocycles. The Labute approximate surface area is 134 Å². The molecule has 0 N–H and O–H groups in total. The molecule has 22 heavy (non-hydrogen) atoms. The summed E-state index contributed by atoms with van der Waals surface area (Å²) in [6.07, 6.45) is 0. The van der Waals surface area contributed by atoms with Crippen molar-refractivity contribution >= 4 is 27.4 Å². The lowest BCUT2D eigenvalue weighted by atomic mass is 10.1. The first-order chi connectivity index (χ1) is 10.3. The number of hydrogen-bond acceptors (Lipinski definition) is 4. The van der Waals surface area contributed by atoms with Crippen molar-refractivity contribution < 1.29 is 17.9 Å². The molecule has 0 aliphatic rings. The van der Waals surface area contributed by atoms with Gasteiger partial charge in [-0.15, -0.1) is 0 Å². The normalized spacial score (nSPS) is 11.2. The van der Waals surface area contributed by atoms with Crippen molar-refractivity contribution in [2.24, 2.45) is 0 Å². The van der Waals surface area contributed by atoms with E-state index in [0.29, 0.717) is 10.6 Å². The molecule has 0 aliphatic heterocycles. The van der Waals surface area contributed by atoms with E-state index in [0.717, 1.165) is 5.56 Å². The summed E-state index contributed by atoms with van der Waals surface area (Å²) < 4.78 is 29.5. The minimum absolute atomic E-state index is 0.220. The van der Waals surface area contributed by atoms with Gasteiger partial charge in [-0.05, 0) is 42.8 Å². The van der Waals surface area contributed by atoms with Crippen LogP contribution in [0.1, 0.15) is 21.5 Å². The molecule has 2 rings (SSSR count). The number of aryl methyl sites for hydroxylation is 1. The van der Waals surface area contributed by atoms with E-state index in [1.807, 2.05) is 6.92 Å². The smallest absolute Gasteiger partial charge is 0.337 e. The maximum absolute atomic E-state index is 12.4. The molecule has 2 aromatic rings. The Morgan fingerprint density at radius 3 is 2.36 bits per heavy atom. The molecule has 0 fully saturated rings. The minimum atomic E-state index is -3.54. The Balaban J connectivity index is 2.37. The van der Waals surface area contributed by atoms with Crippen LogP contribution in [0.3, 0.4) is 0 Å². The molecule has 0 atom stereocenters. The summed E-state index contributed by atoms with van der Waals surface area (Å²) in [7, 11) is -2.27. The van der Waals surface area contributed by atoms with Crippen LogP contribution < -0.4 is 0 Å². The zero-order valence-electron chi connectivity index (χ0n) is 12.2. The second-order valence-electron chi connectivity index (χ2n) is 4.87. The SMILES string of the molecule is COC(=O)c1ccc(Cl)c(CS(=O)(=O)c2ccc(C)cc2)c1. The molecule has 6 heteroatoms. The van der Waals surface area contributed by atoms with Crippen LogP contribution in [0.5, 0.6) is 0 Å². The fourth-order valence-corrected chi connectivity index (χ4v) is 3.59. The predicted molar refractivity (Wildman–Crippen MR) is 84.9 cm³/mol. The highest BCUT2D eigenvalue weighted by atomic mass is 35.5. The average Bonchev–Trinajstić information content (AvgIpc) is 2.49. The van der Waals surface area contributed by atoms with Crippen molar-refractivity contribution in [2.75, 3.05) is 7.11 Å². The number of sulfone groups is 1. The van der Waals surface area contributed by atoms with Gasteiger partial charge in [-0.3, -0.25) is 0 Å². The third-order valence-electron chi connectivity index (χ3n) is 3.19. The van der Waals surface area contributed by atoms with Gasteiger partial charge in [-0.1, -0.05) is 29.3 Å². The third kappa shape index (κ3) is 3.67. The molecule has 0 unspecified atom stereocenters. The van der Waals surface area contributed by atoms with Crippen molar-refractivity contribution in [3.8, 4) is 0 Å². The number of ether oxygens (including phenoxy) is 1. The molecule has 0 amide bonds. The van der Waals surface area contributed by atoms with Crippen LogP contribution in [0.15, 0.2) is 47.4 Å². The Bertz CT molecular complexity index is 795. The van der Waals surface area contributed by atoms with E-state index in [-0.39, 0.29) is 16.2 Å². The van der Waals surface area contributed by atoms with Crippen LogP contribution in [0.2, 0.25) is 5.02 Å². The first kappa shape index (κ1) is 16.5. The number of benzene rings is 2. The molecule has 0 heterocycles. The summed E-state index contributed by atoms with van der Waals surface area (Å²) in [4.78, 5) is 11.8. The number of rotatable bonds is 4. The molecule has 0 aromatic heterocycles. The summed E-state index contributed by atoms with van der Waals surface area (Å²) >= 11 is 6.05. The molecule has 2 aromatic carbocycles.